The number of hydrogen-bond acceptors (Lipinski definition) is 4. The van der Waals surface area contributed by atoms with Crippen LogP contribution in [-0.4, -0.2) is 49.1 Å². The van der Waals surface area contributed by atoms with Gasteiger partial charge in [0.2, 0.25) is 0 Å². The molecular weight excluding hydrogens is 336 g/mol. The second kappa shape index (κ2) is 8.48. The van der Waals surface area contributed by atoms with Crippen LogP contribution in [-0.2, 0) is 17.8 Å². The van der Waals surface area contributed by atoms with Gasteiger partial charge in [-0.05, 0) is 35.4 Å². The summed E-state index contributed by atoms with van der Waals surface area (Å²) in [5.41, 5.74) is 3.12. The Hall–Kier alpha value is -1.88. The minimum Gasteiger partial charge on any atom is -0.465 e. The molecule has 1 saturated heterocycles. The maximum atomic E-state index is 11.5. The van der Waals surface area contributed by atoms with E-state index in [0.717, 1.165) is 44.3 Å². The average Bonchev–Trinajstić information content (AvgIpc) is 2.65. The molecule has 25 heavy (non-hydrogen) atoms. The molecule has 0 atom stereocenters. The van der Waals surface area contributed by atoms with Gasteiger partial charge in [-0.25, -0.2) is 4.79 Å². The van der Waals surface area contributed by atoms with Crippen molar-refractivity contribution in [1.29, 1.82) is 0 Å². The lowest BCUT2D eigenvalue weighted by Crippen LogP contribution is -2.45. The van der Waals surface area contributed by atoms with Crippen molar-refractivity contribution in [2.45, 2.75) is 13.1 Å². The van der Waals surface area contributed by atoms with E-state index in [1.54, 1.807) is 0 Å². The van der Waals surface area contributed by atoms with Gasteiger partial charge < -0.3 is 4.74 Å². The van der Waals surface area contributed by atoms with E-state index < -0.39 is 0 Å². The fourth-order valence-electron chi connectivity index (χ4n) is 3.08. The van der Waals surface area contributed by atoms with Gasteiger partial charge in [-0.2, -0.15) is 0 Å². The van der Waals surface area contributed by atoms with Crippen LogP contribution in [0.15, 0.2) is 48.5 Å². The molecule has 1 heterocycles. The van der Waals surface area contributed by atoms with E-state index in [1.807, 2.05) is 36.4 Å². The van der Waals surface area contributed by atoms with Crippen molar-refractivity contribution >= 4 is 17.6 Å². The highest BCUT2D eigenvalue weighted by molar-refractivity contribution is 6.30. The fourth-order valence-corrected chi connectivity index (χ4v) is 3.20. The summed E-state index contributed by atoms with van der Waals surface area (Å²) in [6.07, 6.45) is 0. The number of ether oxygens (including phenoxy) is 1. The number of carbonyl (C=O) groups excluding carboxylic acids is 1. The lowest BCUT2D eigenvalue weighted by Gasteiger charge is -2.34. The third kappa shape index (κ3) is 5.05. The molecule has 0 radical (unpaired) electrons. The quantitative estimate of drug-likeness (QED) is 0.766. The summed E-state index contributed by atoms with van der Waals surface area (Å²) in [5, 5.41) is 0.784. The van der Waals surface area contributed by atoms with Crippen LogP contribution < -0.4 is 0 Å². The molecule has 5 heteroatoms. The smallest absolute Gasteiger partial charge is 0.337 e. The van der Waals surface area contributed by atoms with Gasteiger partial charge in [-0.15, -0.1) is 0 Å². The SMILES string of the molecule is COC(=O)c1ccc(CN2CCN(Cc3ccc(Cl)cc3)CC2)cc1. The molecule has 0 bridgehead atoms. The highest BCUT2D eigenvalue weighted by Crippen LogP contribution is 2.14. The number of carbonyl (C=O) groups is 1. The monoisotopic (exact) mass is 358 g/mol. The third-order valence-corrected chi connectivity index (χ3v) is 4.82. The molecule has 0 aromatic heterocycles. The van der Waals surface area contributed by atoms with Gasteiger partial charge in [0, 0.05) is 44.3 Å². The standard InChI is InChI=1S/C20H23ClN2O2/c1-25-20(24)18-6-2-16(3-7-18)14-22-10-12-23(13-11-22)15-17-4-8-19(21)9-5-17/h2-9H,10-15H2,1H3. The number of nitrogens with zero attached hydrogens (tertiary/aromatic N) is 2. The summed E-state index contributed by atoms with van der Waals surface area (Å²) in [7, 11) is 1.40. The minimum atomic E-state index is -0.289. The number of piperazine rings is 1. The van der Waals surface area contributed by atoms with Crippen LogP contribution in [0.25, 0.3) is 0 Å². The Bertz CT molecular complexity index is 693. The maximum absolute atomic E-state index is 11.5. The van der Waals surface area contributed by atoms with E-state index in [-0.39, 0.29) is 5.97 Å². The second-order valence-corrected chi connectivity index (χ2v) is 6.80. The molecule has 3 rings (SSSR count). The topological polar surface area (TPSA) is 32.8 Å². The molecule has 132 valence electrons. The molecule has 1 fully saturated rings. The van der Waals surface area contributed by atoms with Crippen molar-refractivity contribution in [3.05, 3.63) is 70.2 Å². The lowest BCUT2D eigenvalue weighted by molar-refractivity contribution is 0.0600. The summed E-state index contributed by atoms with van der Waals surface area (Å²) in [5.74, 6) is -0.289. The van der Waals surface area contributed by atoms with Crippen LogP contribution in [0.3, 0.4) is 0 Å². The van der Waals surface area contributed by atoms with Gasteiger partial charge in [-0.3, -0.25) is 9.80 Å². The molecule has 0 unspecified atom stereocenters. The number of hydrogen-bond donors (Lipinski definition) is 0. The first-order valence-corrected chi connectivity index (χ1v) is 8.88. The summed E-state index contributed by atoms with van der Waals surface area (Å²) >= 11 is 5.94. The van der Waals surface area contributed by atoms with Crippen LogP contribution in [0.1, 0.15) is 21.5 Å². The van der Waals surface area contributed by atoms with E-state index in [1.165, 1.54) is 18.2 Å². The summed E-state index contributed by atoms with van der Waals surface area (Å²) in [4.78, 5) is 16.4. The molecule has 0 N–H and O–H groups in total. The third-order valence-electron chi connectivity index (χ3n) is 4.57. The molecule has 2 aromatic rings. The van der Waals surface area contributed by atoms with Gasteiger partial charge in [0.15, 0.2) is 0 Å². The van der Waals surface area contributed by atoms with Gasteiger partial charge >= 0.3 is 5.97 Å². The molecule has 0 spiro atoms. The highest BCUT2D eigenvalue weighted by atomic mass is 35.5. The Balaban J connectivity index is 1.47. The Morgan fingerprint density at radius 3 is 1.76 bits per heavy atom. The van der Waals surface area contributed by atoms with Gasteiger partial charge in [-0.1, -0.05) is 35.9 Å². The number of benzene rings is 2. The Morgan fingerprint density at radius 1 is 0.880 bits per heavy atom. The molecule has 2 aromatic carbocycles. The molecule has 0 saturated carbocycles. The van der Waals surface area contributed by atoms with Crippen molar-refractivity contribution in [3.8, 4) is 0 Å². The molecule has 1 aliphatic heterocycles. The summed E-state index contributed by atoms with van der Waals surface area (Å²) < 4.78 is 4.73. The largest absolute Gasteiger partial charge is 0.465 e. The van der Waals surface area contributed by atoms with Gasteiger partial charge in [0.1, 0.15) is 0 Å². The molecule has 4 nitrogen and oxygen atoms in total. The molecule has 0 aliphatic carbocycles. The zero-order valence-electron chi connectivity index (χ0n) is 14.5. The number of halogens is 1. The van der Waals surface area contributed by atoms with Crippen LogP contribution in [0, 0.1) is 0 Å². The maximum Gasteiger partial charge on any atom is 0.337 e. The first-order valence-electron chi connectivity index (χ1n) is 8.50. The molecule has 1 aliphatic rings. The van der Waals surface area contributed by atoms with Crippen molar-refractivity contribution in [1.82, 2.24) is 9.80 Å². The Kier molecular flexibility index (Phi) is 6.08. The van der Waals surface area contributed by atoms with E-state index in [9.17, 15) is 4.79 Å². The predicted octanol–water partition coefficient (Wildman–Crippen LogP) is 3.44. The minimum absolute atomic E-state index is 0.289. The van der Waals surface area contributed by atoms with Crippen molar-refractivity contribution in [2.75, 3.05) is 33.3 Å². The van der Waals surface area contributed by atoms with Crippen molar-refractivity contribution < 1.29 is 9.53 Å². The van der Waals surface area contributed by atoms with Gasteiger partial charge in [0.05, 0.1) is 12.7 Å². The van der Waals surface area contributed by atoms with Crippen LogP contribution in [0.4, 0.5) is 0 Å². The van der Waals surface area contributed by atoms with E-state index in [0.29, 0.717) is 5.56 Å². The number of rotatable bonds is 5. The normalized spacial score (nSPS) is 15.9. The zero-order valence-corrected chi connectivity index (χ0v) is 15.2. The van der Waals surface area contributed by atoms with Crippen LogP contribution >= 0.6 is 11.6 Å². The zero-order chi connectivity index (χ0) is 17.6. The Morgan fingerprint density at radius 2 is 1.32 bits per heavy atom. The van der Waals surface area contributed by atoms with Crippen LogP contribution in [0.5, 0.6) is 0 Å². The predicted molar refractivity (Wildman–Crippen MR) is 99.8 cm³/mol. The van der Waals surface area contributed by atoms with Crippen molar-refractivity contribution in [3.63, 3.8) is 0 Å². The highest BCUT2D eigenvalue weighted by Gasteiger charge is 2.17. The number of methoxy groups -OCH3 is 1. The van der Waals surface area contributed by atoms with E-state index in [2.05, 4.69) is 21.9 Å². The Labute approximate surface area is 154 Å². The number of esters is 1. The lowest BCUT2D eigenvalue weighted by atomic mass is 10.1. The fraction of sp³-hybridized carbons (Fsp3) is 0.350. The van der Waals surface area contributed by atoms with Crippen LogP contribution in [0.2, 0.25) is 5.02 Å². The van der Waals surface area contributed by atoms with E-state index in [4.69, 9.17) is 16.3 Å². The van der Waals surface area contributed by atoms with Crippen molar-refractivity contribution in [2.24, 2.45) is 0 Å². The first-order chi connectivity index (χ1) is 12.1. The summed E-state index contributed by atoms with van der Waals surface area (Å²) in [6, 6.07) is 15.8. The van der Waals surface area contributed by atoms with Gasteiger partial charge in [0.25, 0.3) is 0 Å². The molecular formula is C20H23ClN2O2. The average molecular weight is 359 g/mol. The summed E-state index contributed by atoms with van der Waals surface area (Å²) in [6.45, 7) is 6.10. The van der Waals surface area contributed by atoms with E-state index >= 15 is 0 Å². The first kappa shape index (κ1) is 17.9. The second-order valence-electron chi connectivity index (χ2n) is 6.37. The molecule has 0 amide bonds.